The van der Waals surface area contributed by atoms with Gasteiger partial charge in [0, 0.05) is 5.02 Å². The first kappa shape index (κ1) is 21.4. The van der Waals surface area contributed by atoms with Gasteiger partial charge in [-0.05, 0) is 56.2 Å². The maximum Gasteiger partial charge on any atom is 0.332 e. The summed E-state index contributed by atoms with van der Waals surface area (Å²) in [5.74, 6) is -0.783. The largest absolute Gasteiger partial charge is 0.458 e. The standard InChI is InChI=1S/C19H22ClNO5S/c1-19(2,3)26-18(23)17(12-22)21(27(24)25)16-10-6-14(7-11-16)13-4-8-15(20)9-5-13/h4-11,17,22H,12H2,1-3H3,(H,24,25). The summed E-state index contributed by atoms with van der Waals surface area (Å²) in [7, 11) is 0. The highest BCUT2D eigenvalue weighted by Crippen LogP contribution is 2.26. The van der Waals surface area contributed by atoms with E-state index >= 15 is 0 Å². The summed E-state index contributed by atoms with van der Waals surface area (Å²) in [6, 6.07) is 12.7. The van der Waals surface area contributed by atoms with Gasteiger partial charge in [-0.15, -0.1) is 0 Å². The van der Waals surface area contributed by atoms with Crippen LogP contribution in [0.2, 0.25) is 5.02 Å². The monoisotopic (exact) mass is 411 g/mol. The predicted molar refractivity (Wildman–Crippen MR) is 107 cm³/mol. The molecule has 0 amide bonds. The summed E-state index contributed by atoms with van der Waals surface area (Å²) in [6.07, 6.45) is 0. The smallest absolute Gasteiger partial charge is 0.332 e. The van der Waals surface area contributed by atoms with Crippen LogP contribution in [0.3, 0.4) is 0 Å². The Labute approximate surface area is 166 Å². The fraction of sp³-hybridized carbons (Fsp3) is 0.316. The maximum absolute atomic E-state index is 12.3. The highest BCUT2D eigenvalue weighted by molar-refractivity contribution is 7.80. The van der Waals surface area contributed by atoms with Crippen LogP contribution in [0.4, 0.5) is 5.69 Å². The molecular formula is C19H22ClNO5S. The first-order valence-corrected chi connectivity index (χ1v) is 9.66. The normalized spacial score (nSPS) is 13.7. The Morgan fingerprint density at radius 2 is 1.59 bits per heavy atom. The van der Waals surface area contributed by atoms with Crippen molar-refractivity contribution in [3.63, 3.8) is 0 Å². The first-order valence-electron chi connectivity index (χ1n) is 8.22. The van der Waals surface area contributed by atoms with Crippen molar-refractivity contribution in [2.24, 2.45) is 0 Å². The number of carbonyl (C=O) groups excluding carboxylic acids is 1. The highest BCUT2D eigenvalue weighted by atomic mass is 35.5. The third kappa shape index (κ3) is 5.77. The molecule has 0 bridgehead atoms. The van der Waals surface area contributed by atoms with Crippen molar-refractivity contribution in [1.29, 1.82) is 0 Å². The number of ether oxygens (including phenoxy) is 1. The number of halogens is 1. The zero-order valence-corrected chi connectivity index (χ0v) is 16.8. The van der Waals surface area contributed by atoms with Crippen molar-refractivity contribution in [2.45, 2.75) is 32.4 Å². The van der Waals surface area contributed by atoms with Crippen LogP contribution < -0.4 is 4.31 Å². The quantitative estimate of drug-likeness (QED) is 0.559. The summed E-state index contributed by atoms with van der Waals surface area (Å²) in [6.45, 7) is 4.38. The lowest BCUT2D eigenvalue weighted by molar-refractivity contribution is -0.157. The Morgan fingerprint density at radius 3 is 2.00 bits per heavy atom. The van der Waals surface area contributed by atoms with Gasteiger partial charge >= 0.3 is 5.97 Å². The molecule has 0 spiro atoms. The predicted octanol–water partition coefficient (Wildman–Crippen LogP) is 3.65. The van der Waals surface area contributed by atoms with Crippen molar-refractivity contribution in [3.8, 4) is 11.1 Å². The molecule has 6 nitrogen and oxygen atoms in total. The zero-order valence-electron chi connectivity index (χ0n) is 15.3. The topological polar surface area (TPSA) is 87.1 Å². The van der Waals surface area contributed by atoms with Gasteiger partial charge in [0.05, 0.1) is 12.3 Å². The number of nitrogens with zero attached hydrogens (tertiary/aromatic N) is 1. The van der Waals surface area contributed by atoms with Gasteiger partial charge in [-0.2, -0.15) is 0 Å². The lowest BCUT2D eigenvalue weighted by Crippen LogP contribution is -2.47. The number of hydrogen-bond acceptors (Lipinski definition) is 4. The molecule has 0 aliphatic heterocycles. The Morgan fingerprint density at radius 1 is 1.11 bits per heavy atom. The van der Waals surface area contributed by atoms with Crippen LogP contribution in [0, 0.1) is 0 Å². The molecule has 2 N–H and O–H groups in total. The van der Waals surface area contributed by atoms with Gasteiger partial charge in [0.25, 0.3) is 11.3 Å². The van der Waals surface area contributed by atoms with Crippen LogP contribution >= 0.6 is 11.6 Å². The lowest BCUT2D eigenvalue weighted by atomic mass is 10.1. The zero-order chi connectivity index (χ0) is 20.2. The Hall–Kier alpha value is -1.93. The van der Waals surface area contributed by atoms with Gasteiger partial charge in [-0.25, -0.2) is 9.00 Å². The number of aliphatic hydroxyl groups is 1. The van der Waals surface area contributed by atoms with Gasteiger partial charge in [-0.3, -0.25) is 8.86 Å². The minimum atomic E-state index is -2.53. The van der Waals surface area contributed by atoms with Crippen molar-refractivity contribution < 1.29 is 23.4 Å². The molecule has 0 heterocycles. The average molecular weight is 412 g/mol. The summed E-state index contributed by atoms with van der Waals surface area (Å²) < 4.78 is 27.7. The van der Waals surface area contributed by atoms with Crippen LogP contribution in [0.25, 0.3) is 11.1 Å². The third-order valence-corrected chi connectivity index (χ3v) is 4.66. The number of aliphatic hydroxyl groups excluding tert-OH is 1. The second kappa shape index (κ2) is 8.84. The van der Waals surface area contributed by atoms with Gasteiger partial charge in [-0.1, -0.05) is 35.9 Å². The van der Waals surface area contributed by atoms with Crippen LogP contribution in [-0.4, -0.2) is 38.1 Å². The molecule has 27 heavy (non-hydrogen) atoms. The molecule has 0 saturated heterocycles. The average Bonchev–Trinajstić information content (AvgIpc) is 2.58. The van der Waals surface area contributed by atoms with E-state index in [0.717, 1.165) is 15.4 Å². The number of anilines is 1. The van der Waals surface area contributed by atoms with Gasteiger partial charge < -0.3 is 9.84 Å². The fourth-order valence-corrected chi connectivity index (χ4v) is 3.23. The highest BCUT2D eigenvalue weighted by Gasteiger charge is 2.33. The molecule has 0 aromatic heterocycles. The molecule has 8 heteroatoms. The van der Waals surface area contributed by atoms with Gasteiger partial charge in [0.1, 0.15) is 5.60 Å². The van der Waals surface area contributed by atoms with E-state index in [9.17, 15) is 18.7 Å². The fourth-order valence-electron chi connectivity index (χ4n) is 2.44. The van der Waals surface area contributed by atoms with Crippen molar-refractivity contribution in [3.05, 3.63) is 53.6 Å². The van der Waals surface area contributed by atoms with Crippen LogP contribution in [0.1, 0.15) is 20.8 Å². The molecule has 0 radical (unpaired) electrons. The summed E-state index contributed by atoms with van der Waals surface area (Å²) in [5, 5.41) is 10.3. The first-order chi connectivity index (χ1) is 12.6. The second-order valence-corrected chi connectivity index (χ2v) is 8.13. The number of carbonyl (C=O) groups is 1. The van der Waals surface area contributed by atoms with Crippen molar-refractivity contribution in [1.82, 2.24) is 0 Å². The van der Waals surface area contributed by atoms with E-state index in [4.69, 9.17) is 16.3 Å². The van der Waals surface area contributed by atoms with E-state index in [1.165, 1.54) is 0 Å². The molecule has 2 aromatic rings. The Balaban J connectivity index is 2.31. The van der Waals surface area contributed by atoms with E-state index in [1.54, 1.807) is 57.2 Å². The number of rotatable bonds is 6. The van der Waals surface area contributed by atoms with Crippen LogP contribution in [-0.2, 0) is 20.8 Å². The molecule has 0 aliphatic rings. The number of esters is 1. The Kier molecular flexibility index (Phi) is 7.00. The Bertz CT molecular complexity index is 802. The molecule has 0 aliphatic carbocycles. The molecule has 2 aromatic carbocycles. The molecule has 2 rings (SSSR count). The number of benzene rings is 2. The van der Waals surface area contributed by atoms with E-state index < -0.39 is 35.5 Å². The minimum Gasteiger partial charge on any atom is -0.458 e. The van der Waals surface area contributed by atoms with Gasteiger partial charge in [0.15, 0.2) is 6.04 Å². The van der Waals surface area contributed by atoms with Crippen LogP contribution in [0.15, 0.2) is 48.5 Å². The van der Waals surface area contributed by atoms with E-state index in [-0.39, 0.29) is 0 Å². The summed E-state index contributed by atoms with van der Waals surface area (Å²) >= 11 is 3.36. The third-order valence-electron chi connectivity index (χ3n) is 3.60. The molecule has 0 fully saturated rings. The minimum absolute atomic E-state index is 0.304. The van der Waals surface area contributed by atoms with Crippen molar-refractivity contribution >= 4 is 34.5 Å². The molecular weight excluding hydrogens is 390 g/mol. The SMILES string of the molecule is CC(C)(C)OC(=O)C(CO)N(c1ccc(-c2ccc(Cl)cc2)cc1)S(=O)O. The van der Waals surface area contributed by atoms with Crippen LogP contribution in [0.5, 0.6) is 0 Å². The lowest BCUT2D eigenvalue weighted by Gasteiger charge is -2.30. The molecule has 2 atom stereocenters. The van der Waals surface area contributed by atoms with Crippen molar-refractivity contribution in [2.75, 3.05) is 10.9 Å². The summed E-state index contributed by atoms with van der Waals surface area (Å²) in [4.78, 5) is 12.3. The van der Waals surface area contributed by atoms with E-state index in [1.807, 2.05) is 12.1 Å². The second-order valence-electron chi connectivity index (χ2n) is 6.84. The molecule has 2 unspecified atom stereocenters. The van der Waals surface area contributed by atoms with E-state index in [0.29, 0.717) is 10.7 Å². The van der Waals surface area contributed by atoms with Gasteiger partial charge in [0.2, 0.25) is 0 Å². The maximum atomic E-state index is 12.3. The van der Waals surface area contributed by atoms with E-state index in [2.05, 4.69) is 0 Å². The summed E-state index contributed by atoms with van der Waals surface area (Å²) in [5.41, 5.74) is 1.31. The number of hydrogen-bond donors (Lipinski definition) is 2. The molecule has 146 valence electrons. The molecule has 0 saturated carbocycles.